The van der Waals surface area contributed by atoms with E-state index in [1.807, 2.05) is 66.7 Å². The van der Waals surface area contributed by atoms with Crippen molar-refractivity contribution in [3.63, 3.8) is 0 Å². The number of carbonyl (C=O) groups excluding carboxylic acids is 3. The number of aryl methyl sites for hydroxylation is 1. The zero-order chi connectivity index (χ0) is 28.3. The molecular formula is C31H29N3O5S. The predicted molar refractivity (Wildman–Crippen MR) is 152 cm³/mol. The van der Waals surface area contributed by atoms with Gasteiger partial charge in [0.05, 0.1) is 4.90 Å². The first-order chi connectivity index (χ1) is 19.2. The Bertz CT molecular complexity index is 1680. The second-order valence-electron chi connectivity index (χ2n) is 9.96. The lowest BCUT2D eigenvalue weighted by Gasteiger charge is -2.39. The second kappa shape index (κ2) is 10.9. The van der Waals surface area contributed by atoms with Crippen LogP contribution in [-0.2, 0) is 36.2 Å². The molecule has 0 saturated carbocycles. The van der Waals surface area contributed by atoms with Crippen LogP contribution in [0.1, 0.15) is 24.5 Å². The smallest absolute Gasteiger partial charge is 0.250 e. The minimum absolute atomic E-state index is 0.0331. The number of hydrogen-bond acceptors (Lipinski definition) is 5. The molecule has 3 atom stereocenters. The van der Waals surface area contributed by atoms with Crippen molar-refractivity contribution in [2.75, 3.05) is 0 Å². The van der Waals surface area contributed by atoms with E-state index in [1.54, 1.807) is 31.2 Å². The Labute approximate surface area is 232 Å². The fourth-order valence-corrected chi connectivity index (χ4v) is 6.45. The van der Waals surface area contributed by atoms with E-state index in [1.165, 1.54) is 12.1 Å². The normalized spacial score (nSPS) is 18.2. The van der Waals surface area contributed by atoms with Crippen molar-refractivity contribution in [3.05, 3.63) is 114 Å². The van der Waals surface area contributed by atoms with Crippen LogP contribution < -0.4 is 16.0 Å². The number of carbonyl (C=O) groups is 3. The van der Waals surface area contributed by atoms with Gasteiger partial charge < -0.3 is 16.0 Å². The first-order valence-electron chi connectivity index (χ1n) is 12.9. The maximum absolute atomic E-state index is 13.9. The van der Waals surface area contributed by atoms with Crippen LogP contribution in [0.4, 0.5) is 0 Å². The first-order valence-corrected chi connectivity index (χ1v) is 14.5. The highest BCUT2D eigenvalue weighted by Crippen LogP contribution is 2.28. The Balaban J connectivity index is 1.42. The molecule has 40 heavy (non-hydrogen) atoms. The van der Waals surface area contributed by atoms with E-state index in [9.17, 15) is 22.8 Å². The molecule has 1 saturated heterocycles. The highest BCUT2D eigenvalue weighted by molar-refractivity contribution is 7.92. The quantitative estimate of drug-likeness (QED) is 0.274. The standard InChI is InChI=1S/C31H29N3O5S/c1-31(24-18-17-22-12-8-9-13-23(22)20-24,34-26(35)19-16-21-10-4-2-5-11-21)30(37)32-27-28(36)33-29(27)40(38,39)25-14-6-3-7-15-25/h2-15,17-18,20,27,29H,16,19H2,1H3,(H,32,37)(H,33,36)(H,34,35)/t27-,29-,31-/m1/s1. The summed E-state index contributed by atoms with van der Waals surface area (Å²) in [6.07, 6.45) is 0.611. The van der Waals surface area contributed by atoms with E-state index in [0.29, 0.717) is 12.0 Å². The molecule has 8 nitrogen and oxygen atoms in total. The topological polar surface area (TPSA) is 121 Å². The average Bonchev–Trinajstić information content (AvgIpc) is 2.98. The second-order valence-corrected chi connectivity index (χ2v) is 12.0. The Hall–Kier alpha value is -4.50. The molecule has 9 heteroatoms. The minimum atomic E-state index is -3.97. The largest absolute Gasteiger partial charge is 0.339 e. The molecule has 1 aliphatic heterocycles. The molecule has 4 aromatic rings. The number of sulfone groups is 1. The summed E-state index contributed by atoms with van der Waals surface area (Å²) >= 11 is 0. The summed E-state index contributed by atoms with van der Waals surface area (Å²) in [6.45, 7) is 1.56. The van der Waals surface area contributed by atoms with Gasteiger partial charge in [-0.15, -0.1) is 0 Å². The molecule has 3 amide bonds. The van der Waals surface area contributed by atoms with Gasteiger partial charge in [0.2, 0.25) is 21.7 Å². The maximum Gasteiger partial charge on any atom is 0.250 e. The lowest BCUT2D eigenvalue weighted by molar-refractivity contribution is -0.138. The monoisotopic (exact) mass is 555 g/mol. The molecule has 204 valence electrons. The summed E-state index contributed by atoms with van der Waals surface area (Å²) in [7, 11) is -3.97. The van der Waals surface area contributed by atoms with E-state index in [0.717, 1.165) is 16.3 Å². The van der Waals surface area contributed by atoms with Gasteiger partial charge >= 0.3 is 0 Å². The van der Waals surface area contributed by atoms with Crippen LogP contribution >= 0.6 is 0 Å². The molecule has 5 rings (SSSR count). The maximum atomic E-state index is 13.9. The third-order valence-corrected chi connectivity index (χ3v) is 9.20. The first kappa shape index (κ1) is 27.1. The van der Waals surface area contributed by atoms with Gasteiger partial charge in [-0.05, 0) is 53.4 Å². The Morgan fingerprint density at radius 2 is 1.48 bits per heavy atom. The van der Waals surface area contributed by atoms with Crippen molar-refractivity contribution in [1.82, 2.24) is 16.0 Å². The van der Waals surface area contributed by atoms with E-state index in [-0.39, 0.29) is 17.2 Å². The summed E-state index contributed by atoms with van der Waals surface area (Å²) in [6, 6.07) is 29.0. The third kappa shape index (κ3) is 5.33. The van der Waals surface area contributed by atoms with Gasteiger partial charge in [-0.3, -0.25) is 14.4 Å². The van der Waals surface area contributed by atoms with Crippen LogP contribution in [0.15, 0.2) is 108 Å². The minimum Gasteiger partial charge on any atom is -0.339 e. The van der Waals surface area contributed by atoms with Crippen molar-refractivity contribution < 1.29 is 22.8 Å². The van der Waals surface area contributed by atoms with Gasteiger partial charge in [0, 0.05) is 6.42 Å². The molecule has 0 radical (unpaired) electrons. The molecule has 1 heterocycles. The van der Waals surface area contributed by atoms with Gasteiger partial charge in [0.25, 0.3) is 5.91 Å². The van der Waals surface area contributed by atoms with Crippen molar-refractivity contribution >= 4 is 38.3 Å². The lowest BCUT2D eigenvalue weighted by Crippen LogP contribution is -2.73. The number of nitrogens with one attached hydrogen (secondary N) is 3. The summed E-state index contributed by atoms with van der Waals surface area (Å²) in [5.74, 6) is -1.67. The summed E-state index contributed by atoms with van der Waals surface area (Å²) in [5.41, 5.74) is -0.108. The molecule has 1 fully saturated rings. The average molecular weight is 556 g/mol. The van der Waals surface area contributed by atoms with Gasteiger partial charge in [-0.25, -0.2) is 8.42 Å². The Morgan fingerprint density at radius 1 is 0.850 bits per heavy atom. The Morgan fingerprint density at radius 3 is 2.15 bits per heavy atom. The highest BCUT2D eigenvalue weighted by atomic mass is 32.2. The number of amides is 3. The van der Waals surface area contributed by atoms with Crippen molar-refractivity contribution in [2.24, 2.45) is 0 Å². The molecule has 0 bridgehead atoms. The number of fused-ring (bicyclic) bond motifs is 1. The predicted octanol–water partition coefficient (Wildman–Crippen LogP) is 3.22. The lowest BCUT2D eigenvalue weighted by atomic mass is 9.88. The number of rotatable bonds is 9. The highest BCUT2D eigenvalue weighted by Gasteiger charge is 2.51. The SMILES string of the molecule is C[C@](NC(=O)CCc1ccccc1)(C(=O)N[C@@H]1C(=O)N[C@@H]1S(=O)(=O)c1ccccc1)c1ccc2ccccc2c1. The van der Waals surface area contributed by atoms with Crippen LogP contribution in [-0.4, -0.2) is 37.6 Å². The molecule has 1 aliphatic rings. The Kier molecular flexibility index (Phi) is 7.40. The number of hydrogen-bond donors (Lipinski definition) is 3. The fourth-order valence-electron chi connectivity index (χ4n) is 4.80. The van der Waals surface area contributed by atoms with Gasteiger partial charge in [0.1, 0.15) is 11.6 Å². The van der Waals surface area contributed by atoms with Crippen LogP contribution in [0.2, 0.25) is 0 Å². The summed E-state index contributed by atoms with van der Waals surface area (Å²) < 4.78 is 26.4. The van der Waals surface area contributed by atoms with E-state index in [4.69, 9.17) is 0 Å². The zero-order valence-electron chi connectivity index (χ0n) is 21.8. The van der Waals surface area contributed by atoms with Crippen LogP contribution in [0.25, 0.3) is 10.8 Å². The van der Waals surface area contributed by atoms with Crippen molar-refractivity contribution in [1.29, 1.82) is 0 Å². The zero-order valence-corrected chi connectivity index (χ0v) is 22.6. The number of benzene rings is 4. The van der Waals surface area contributed by atoms with E-state index >= 15 is 0 Å². The number of β-lactam (4-membered cyclic amide) rings is 1. The van der Waals surface area contributed by atoms with Crippen LogP contribution in [0.3, 0.4) is 0 Å². The van der Waals surface area contributed by atoms with Gasteiger partial charge in [-0.1, -0.05) is 84.9 Å². The third-order valence-electron chi connectivity index (χ3n) is 7.22. The molecular weight excluding hydrogens is 526 g/mol. The van der Waals surface area contributed by atoms with Crippen LogP contribution in [0.5, 0.6) is 0 Å². The molecule has 0 unspecified atom stereocenters. The molecule has 4 aromatic carbocycles. The molecule has 3 N–H and O–H groups in total. The van der Waals surface area contributed by atoms with Crippen molar-refractivity contribution in [3.8, 4) is 0 Å². The summed E-state index contributed by atoms with van der Waals surface area (Å²) in [5, 5.41) is 8.37. The molecule has 0 aliphatic carbocycles. The van der Waals surface area contributed by atoms with Gasteiger partial charge in [0.15, 0.2) is 5.37 Å². The molecule has 0 spiro atoms. The van der Waals surface area contributed by atoms with E-state index in [2.05, 4.69) is 16.0 Å². The van der Waals surface area contributed by atoms with E-state index < -0.39 is 38.6 Å². The summed E-state index contributed by atoms with van der Waals surface area (Å²) in [4.78, 5) is 39.5. The fraction of sp³-hybridized carbons (Fsp3) is 0.194. The van der Waals surface area contributed by atoms with Crippen LogP contribution in [0, 0.1) is 0 Å². The van der Waals surface area contributed by atoms with Gasteiger partial charge in [-0.2, -0.15) is 0 Å². The van der Waals surface area contributed by atoms with Crippen molar-refractivity contribution in [2.45, 2.75) is 41.6 Å². The molecule has 0 aromatic heterocycles.